The highest BCUT2D eigenvalue weighted by atomic mass is 32.1. The average Bonchev–Trinajstić information content (AvgIpc) is 3.38. The highest BCUT2D eigenvalue weighted by Gasteiger charge is 2.20. The Kier molecular flexibility index (Phi) is 4.40. The zero-order valence-corrected chi connectivity index (χ0v) is 15.5. The molecule has 4 rings (SSSR count). The number of rotatable bonds is 4. The van der Waals surface area contributed by atoms with E-state index >= 15 is 0 Å². The lowest BCUT2D eigenvalue weighted by atomic mass is 10.3. The molecule has 0 atom stereocenters. The van der Waals surface area contributed by atoms with Crippen molar-refractivity contribution < 1.29 is 23.8 Å². The standard InChI is InChI=1S/C17H16N4O5S/c1-3-21-10(4-5-18-21)16(23)19-17-20(8-15(22)24-2)11-6-12-13(26-9-25-12)7-14(11)27-17/h4-7H,3,8-9H2,1-2H3. The number of aromatic nitrogens is 3. The van der Waals surface area contributed by atoms with Crippen molar-refractivity contribution in [3.8, 4) is 11.5 Å². The summed E-state index contributed by atoms with van der Waals surface area (Å²) in [5, 5.41) is 4.09. The molecule has 9 nitrogen and oxygen atoms in total. The van der Waals surface area contributed by atoms with Crippen LogP contribution in [-0.2, 0) is 22.6 Å². The average molecular weight is 388 g/mol. The van der Waals surface area contributed by atoms with Crippen LogP contribution < -0.4 is 14.3 Å². The van der Waals surface area contributed by atoms with Crippen molar-refractivity contribution >= 4 is 33.4 Å². The molecule has 1 aliphatic rings. The highest BCUT2D eigenvalue weighted by molar-refractivity contribution is 7.16. The van der Waals surface area contributed by atoms with Crippen LogP contribution in [0.3, 0.4) is 0 Å². The Morgan fingerprint density at radius 1 is 1.33 bits per heavy atom. The van der Waals surface area contributed by atoms with Crippen molar-refractivity contribution in [1.82, 2.24) is 14.3 Å². The van der Waals surface area contributed by atoms with E-state index in [1.165, 1.54) is 18.4 Å². The van der Waals surface area contributed by atoms with Crippen LogP contribution in [0.1, 0.15) is 17.4 Å². The Morgan fingerprint density at radius 3 is 2.85 bits per heavy atom. The molecular weight excluding hydrogens is 372 g/mol. The fraction of sp³-hybridized carbons (Fsp3) is 0.294. The maximum Gasteiger partial charge on any atom is 0.325 e. The van der Waals surface area contributed by atoms with Gasteiger partial charge in [0, 0.05) is 24.9 Å². The lowest BCUT2D eigenvalue weighted by molar-refractivity contribution is -0.141. The second-order valence-electron chi connectivity index (χ2n) is 5.67. The first-order chi connectivity index (χ1) is 13.1. The van der Waals surface area contributed by atoms with Crippen molar-refractivity contribution in [2.24, 2.45) is 4.99 Å². The molecule has 0 fully saturated rings. The Labute approximate surface area is 157 Å². The van der Waals surface area contributed by atoms with Crippen molar-refractivity contribution in [2.45, 2.75) is 20.0 Å². The van der Waals surface area contributed by atoms with Gasteiger partial charge in [0.2, 0.25) is 6.79 Å². The second-order valence-corrected chi connectivity index (χ2v) is 6.68. The number of hydrogen-bond donors (Lipinski definition) is 0. The first-order valence-corrected chi connectivity index (χ1v) is 9.03. The Balaban J connectivity index is 1.87. The zero-order valence-electron chi connectivity index (χ0n) is 14.7. The summed E-state index contributed by atoms with van der Waals surface area (Å²) in [7, 11) is 1.31. The summed E-state index contributed by atoms with van der Waals surface area (Å²) in [6.07, 6.45) is 1.55. The second kappa shape index (κ2) is 6.88. The quantitative estimate of drug-likeness (QED) is 0.629. The molecule has 0 aliphatic carbocycles. The van der Waals surface area contributed by atoms with E-state index < -0.39 is 11.9 Å². The SMILES string of the molecule is CCn1nccc1C(=O)N=c1sc2cc3c(cc2n1CC(=O)OC)OCO3. The zero-order chi connectivity index (χ0) is 19.0. The molecule has 0 bridgehead atoms. The molecule has 1 aromatic carbocycles. The molecule has 0 spiro atoms. The molecule has 0 saturated heterocycles. The van der Waals surface area contributed by atoms with Gasteiger partial charge in [0.1, 0.15) is 12.2 Å². The fourth-order valence-corrected chi connectivity index (χ4v) is 3.84. The molecule has 2 aromatic heterocycles. The molecular formula is C17H16N4O5S. The minimum Gasteiger partial charge on any atom is -0.468 e. The number of ether oxygens (including phenoxy) is 3. The van der Waals surface area contributed by atoms with E-state index in [0.717, 1.165) is 4.70 Å². The number of carbonyl (C=O) groups excluding carboxylic acids is 2. The Hall–Kier alpha value is -3.14. The van der Waals surface area contributed by atoms with Crippen molar-refractivity contribution in [3.63, 3.8) is 0 Å². The van der Waals surface area contributed by atoms with Crippen LogP contribution in [0.25, 0.3) is 10.2 Å². The lowest BCUT2D eigenvalue weighted by Crippen LogP contribution is -2.23. The van der Waals surface area contributed by atoms with Gasteiger partial charge in [0.25, 0.3) is 5.91 Å². The van der Waals surface area contributed by atoms with Crippen LogP contribution in [0.15, 0.2) is 29.4 Å². The third-order valence-corrected chi connectivity index (χ3v) is 5.17. The predicted octanol–water partition coefficient (Wildman–Crippen LogP) is 1.56. The van der Waals surface area contributed by atoms with Gasteiger partial charge in [-0.15, -0.1) is 0 Å². The fourth-order valence-electron chi connectivity index (χ4n) is 2.80. The summed E-state index contributed by atoms with van der Waals surface area (Å²) in [5.74, 6) is 0.330. The summed E-state index contributed by atoms with van der Waals surface area (Å²) in [6.45, 7) is 2.53. The lowest BCUT2D eigenvalue weighted by Gasteiger charge is -2.04. The van der Waals surface area contributed by atoms with Crippen LogP contribution >= 0.6 is 11.3 Å². The molecule has 140 valence electrons. The van der Waals surface area contributed by atoms with E-state index in [2.05, 4.69) is 10.1 Å². The molecule has 3 heterocycles. The summed E-state index contributed by atoms with van der Waals surface area (Å²) in [5.41, 5.74) is 1.10. The van der Waals surface area contributed by atoms with Crippen LogP contribution in [0.5, 0.6) is 11.5 Å². The van der Waals surface area contributed by atoms with Crippen LogP contribution in [0, 0.1) is 0 Å². The number of hydrogen-bond acceptors (Lipinski definition) is 7. The van der Waals surface area contributed by atoms with Crippen molar-refractivity contribution in [3.05, 3.63) is 34.9 Å². The molecule has 0 saturated carbocycles. The minimum absolute atomic E-state index is 0.0741. The smallest absolute Gasteiger partial charge is 0.325 e. The summed E-state index contributed by atoms with van der Waals surface area (Å²) >= 11 is 1.28. The molecule has 27 heavy (non-hydrogen) atoms. The molecule has 10 heteroatoms. The molecule has 1 amide bonds. The van der Waals surface area contributed by atoms with E-state index in [0.29, 0.717) is 34.1 Å². The minimum atomic E-state index is -0.445. The monoisotopic (exact) mass is 388 g/mol. The van der Waals surface area contributed by atoms with E-state index in [-0.39, 0.29) is 13.3 Å². The van der Waals surface area contributed by atoms with E-state index in [9.17, 15) is 9.59 Å². The van der Waals surface area contributed by atoms with Crippen molar-refractivity contribution in [1.29, 1.82) is 0 Å². The van der Waals surface area contributed by atoms with Gasteiger partial charge in [-0.05, 0) is 13.0 Å². The largest absolute Gasteiger partial charge is 0.468 e. The van der Waals surface area contributed by atoms with Gasteiger partial charge in [0.15, 0.2) is 16.3 Å². The van der Waals surface area contributed by atoms with E-state index in [4.69, 9.17) is 14.2 Å². The maximum absolute atomic E-state index is 12.6. The van der Waals surface area contributed by atoms with Gasteiger partial charge < -0.3 is 18.8 Å². The van der Waals surface area contributed by atoms with Gasteiger partial charge in [-0.2, -0.15) is 10.1 Å². The first-order valence-electron chi connectivity index (χ1n) is 8.21. The van der Waals surface area contributed by atoms with Crippen LogP contribution in [0.4, 0.5) is 0 Å². The van der Waals surface area contributed by atoms with E-state index in [1.54, 1.807) is 27.6 Å². The topological polar surface area (TPSA) is 96.9 Å². The number of thiazole rings is 1. The maximum atomic E-state index is 12.6. The number of carbonyl (C=O) groups is 2. The Bertz CT molecular complexity index is 1110. The number of methoxy groups -OCH3 is 1. The number of benzene rings is 1. The number of aryl methyl sites for hydroxylation is 1. The molecule has 1 aliphatic heterocycles. The highest BCUT2D eigenvalue weighted by Crippen LogP contribution is 2.37. The first kappa shape index (κ1) is 17.3. The summed E-state index contributed by atoms with van der Waals surface area (Å²) in [6, 6.07) is 5.20. The van der Waals surface area contributed by atoms with Gasteiger partial charge >= 0.3 is 5.97 Å². The van der Waals surface area contributed by atoms with Crippen LogP contribution in [0.2, 0.25) is 0 Å². The summed E-state index contributed by atoms with van der Waals surface area (Å²) in [4.78, 5) is 29.1. The van der Waals surface area contributed by atoms with Crippen LogP contribution in [-0.4, -0.2) is 40.1 Å². The van der Waals surface area contributed by atoms with E-state index in [1.807, 2.05) is 13.0 Å². The summed E-state index contributed by atoms with van der Waals surface area (Å²) < 4.78 is 19.6. The molecule has 3 aromatic rings. The van der Waals surface area contributed by atoms with Gasteiger partial charge in [0.05, 0.1) is 17.3 Å². The number of amides is 1. The van der Waals surface area contributed by atoms with Crippen molar-refractivity contribution in [2.75, 3.05) is 13.9 Å². The number of fused-ring (bicyclic) bond motifs is 2. The molecule has 0 radical (unpaired) electrons. The predicted molar refractivity (Wildman–Crippen MR) is 95.7 cm³/mol. The van der Waals surface area contributed by atoms with Gasteiger partial charge in [-0.25, -0.2) is 0 Å². The normalized spacial score (nSPS) is 13.3. The van der Waals surface area contributed by atoms with Gasteiger partial charge in [-0.3, -0.25) is 14.3 Å². The molecule has 0 unspecified atom stereocenters. The third-order valence-electron chi connectivity index (χ3n) is 4.12. The number of nitrogens with zero attached hydrogens (tertiary/aromatic N) is 4. The third kappa shape index (κ3) is 3.08. The van der Waals surface area contributed by atoms with Gasteiger partial charge in [-0.1, -0.05) is 11.3 Å². The Morgan fingerprint density at radius 2 is 2.11 bits per heavy atom. The molecule has 0 N–H and O–H groups in total. The number of esters is 1.